The number of allylic oxidation sites excluding steroid dienone is 1. The van der Waals surface area contributed by atoms with E-state index in [-0.39, 0.29) is 0 Å². The van der Waals surface area contributed by atoms with Crippen LogP contribution in [0.3, 0.4) is 0 Å². The number of carbonyl (C=O) groups is 1. The Kier molecular flexibility index (Phi) is 4.77. The Morgan fingerprint density at radius 3 is 3.00 bits per heavy atom. The van der Waals surface area contributed by atoms with Gasteiger partial charge in [-0.25, -0.2) is 0 Å². The fourth-order valence-electron chi connectivity index (χ4n) is 0.228. The van der Waals surface area contributed by atoms with Crippen molar-refractivity contribution in [2.24, 2.45) is 0 Å². The van der Waals surface area contributed by atoms with Gasteiger partial charge in [0.15, 0.2) is 0 Å². The van der Waals surface area contributed by atoms with Crippen LogP contribution in [0.1, 0.15) is 0 Å². The number of rotatable bonds is 3. The number of amides is 1. The zero-order valence-electron chi connectivity index (χ0n) is 4.29. The molecule has 0 aliphatic carbocycles. The Bertz CT molecular complexity index is 123. The standard InChI is InChI=1S/C5H6N2O/c6-3-1-2-4-7-5-8/h1-2,5H,4H2,(H,7,8)/b2-1+. The fraction of sp³-hybridized carbons (Fsp3) is 0.200. The van der Waals surface area contributed by atoms with Crippen LogP contribution in [-0.2, 0) is 4.79 Å². The molecule has 42 valence electrons. The molecule has 0 aromatic carbocycles. The van der Waals surface area contributed by atoms with E-state index in [2.05, 4.69) is 5.32 Å². The minimum Gasteiger partial charge on any atom is -0.355 e. The summed E-state index contributed by atoms with van der Waals surface area (Å²) < 4.78 is 0. The van der Waals surface area contributed by atoms with Crippen molar-refractivity contribution in [1.82, 2.24) is 5.32 Å². The zero-order valence-corrected chi connectivity index (χ0v) is 4.29. The number of hydrogen-bond donors (Lipinski definition) is 1. The average Bonchev–Trinajstić information content (AvgIpc) is 1.81. The molecule has 0 saturated heterocycles. The molecule has 8 heavy (non-hydrogen) atoms. The highest BCUT2D eigenvalue weighted by Crippen LogP contribution is 1.62. The third-order valence-corrected chi connectivity index (χ3v) is 0.511. The van der Waals surface area contributed by atoms with E-state index in [0.29, 0.717) is 13.0 Å². The molecule has 0 saturated carbocycles. The summed E-state index contributed by atoms with van der Waals surface area (Å²) in [5.74, 6) is 0. The Labute approximate surface area is 47.6 Å². The van der Waals surface area contributed by atoms with E-state index in [4.69, 9.17) is 5.26 Å². The van der Waals surface area contributed by atoms with Crippen LogP contribution in [-0.4, -0.2) is 13.0 Å². The Morgan fingerprint density at radius 1 is 1.75 bits per heavy atom. The van der Waals surface area contributed by atoms with Gasteiger partial charge in [-0.3, -0.25) is 4.79 Å². The minimum atomic E-state index is 0.428. The van der Waals surface area contributed by atoms with Crippen LogP contribution in [0.5, 0.6) is 0 Å². The molecular formula is C5H6N2O. The van der Waals surface area contributed by atoms with Crippen molar-refractivity contribution in [2.45, 2.75) is 0 Å². The van der Waals surface area contributed by atoms with E-state index in [1.807, 2.05) is 0 Å². The van der Waals surface area contributed by atoms with Gasteiger partial charge < -0.3 is 5.32 Å². The molecule has 1 amide bonds. The first-order valence-electron chi connectivity index (χ1n) is 2.13. The molecular weight excluding hydrogens is 104 g/mol. The van der Waals surface area contributed by atoms with Crippen LogP contribution in [0.15, 0.2) is 12.2 Å². The molecule has 0 aromatic heterocycles. The molecule has 3 nitrogen and oxygen atoms in total. The monoisotopic (exact) mass is 110 g/mol. The molecule has 0 spiro atoms. The van der Waals surface area contributed by atoms with Crippen molar-refractivity contribution in [3.63, 3.8) is 0 Å². The second-order valence-electron chi connectivity index (χ2n) is 1.06. The lowest BCUT2D eigenvalue weighted by Gasteiger charge is -1.82. The summed E-state index contributed by atoms with van der Waals surface area (Å²) >= 11 is 0. The number of nitriles is 1. The Balaban J connectivity index is 3.06. The van der Waals surface area contributed by atoms with Crippen molar-refractivity contribution in [3.8, 4) is 6.07 Å². The number of nitrogens with one attached hydrogen (secondary N) is 1. The summed E-state index contributed by atoms with van der Waals surface area (Å²) in [6.07, 6.45) is 3.46. The molecule has 0 aliphatic heterocycles. The van der Waals surface area contributed by atoms with Crippen LogP contribution < -0.4 is 5.32 Å². The summed E-state index contributed by atoms with van der Waals surface area (Å²) in [5, 5.41) is 10.3. The summed E-state index contributed by atoms with van der Waals surface area (Å²) in [5.41, 5.74) is 0. The van der Waals surface area contributed by atoms with E-state index >= 15 is 0 Å². The van der Waals surface area contributed by atoms with Gasteiger partial charge in [-0.1, -0.05) is 6.08 Å². The highest BCUT2D eigenvalue weighted by atomic mass is 16.1. The first-order chi connectivity index (χ1) is 3.91. The van der Waals surface area contributed by atoms with Crippen LogP contribution in [0.4, 0.5) is 0 Å². The number of carbonyl (C=O) groups excluding carboxylic acids is 1. The molecule has 0 heterocycles. The molecule has 0 radical (unpaired) electrons. The molecule has 0 rings (SSSR count). The van der Waals surface area contributed by atoms with Crippen molar-refractivity contribution >= 4 is 6.41 Å². The number of hydrogen-bond acceptors (Lipinski definition) is 2. The van der Waals surface area contributed by atoms with Gasteiger partial charge in [-0.2, -0.15) is 5.26 Å². The van der Waals surface area contributed by atoms with Gasteiger partial charge in [-0.05, 0) is 0 Å². The fourth-order valence-corrected chi connectivity index (χ4v) is 0.228. The van der Waals surface area contributed by atoms with E-state index in [1.54, 1.807) is 12.1 Å². The third-order valence-electron chi connectivity index (χ3n) is 0.511. The highest BCUT2D eigenvalue weighted by molar-refractivity contribution is 5.46. The van der Waals surface area contributed by atoms with E-state index in [1.165, 1.54) is 6.08 Å². The summed E-state index contributed by atoms with van der Waals surface area (Å²) in [6, 6.07) is 1.79. The normalized spacial score (nSPS) is 8.38. The van der Waals surface area contributed by atoms with Gasteiger partial charge in [0.05, 0.1) is 6.07 Å². The second kappa shape index (κ2) is 5.70. The summed E-state index contributed by atoms with van der Waals surface area (Å²) in [7, 11) is 0. The van der Waals surface area contributed by atoms with Gasteiger partial charge >= 0.3 is 0 Å². The largest absolute Gasteiger partial charge is 0.355 e. The lowest BCUT2D eigenvalue weighted by molar-refractivity contribution is -0.109. The zero-order chi connectivity index (χ0) is 6.24. The average molecular weight is 110 g/mol. The smallest absolute Gasteiger partial charge is 0.207 e. The van der Waals surface area contributed by atoms with Crippen molar-refractivity contribution in [1.29, 1.82) is 5.26 Å². The Hall–Kier alpha value is -1.30. The lowest BCUT2D eigenvalue weighted by Crippen LogP contribution is -2.08. The SMILES string of the molecule is N#C/C=C/CNC=O. The van der Waals surface area contributed by atoms with Gasteiger partial charge in [0, 0.05) is 12.6 Å². The quantitative estimate of drug-likeness (QED) is 0.311. The molecule has 0 fully saturated rings. The van der Waals surface area contributed by atoms with Crippen molar-refractivity contribution < 1.29 is 4.79 Å². The topological polar surface area (TPSA) is 52.9 Å². The van der Waals surface area contributed by atoms with Crippen molar-refractivity contribution in [3.05, 3.63) is 12.2 Å². The van der Waals surface area contributed by atoms with E-state index < -0.39 is 0 Å². The molecule has 0 bridgehead atoms. The molecule has 1 N–H and O–H groups in total. The predicted octanol–water partition coefficient (Wildman–Crippen LogP) is -0.188. The van der Waals surface area contributed by atoms with Crippen LogP contribution in [0, 0.1) is 11.3 Å². The molecule has 0 atom stereocenters. The maximum atomic E-state index is 9.54. The van der Waals surface area contributed by atoms with Crippen molar-refractivity contribution in [2.75, 3.05) is 6.54 Å². The van der Waals surface area contributed by atoms with E-state index in [9.17, 15) is 4.79 Å². The lowest BCUT2D eigenvalue weighted by atomic mass is 10.5. The number of nitrogens with zero attached hydrogens (tertiary/aromatic N) is 1. The summed E-state index contributed by atoms with van der Waals surface area (Å²) in [4.78, 5) is 9.54. The van der Waals surface area contributed by atoms with Gasteiger partial charge in [0.25, 0.3) is 0 Å². The first-order valence-corrected chi connectivity index (χ1v) is 2.13. The first kappa shape index (κ1) is 6.70. The van der Waals surface area contributed by atoms with Gasteiger partial charge in [0.1, 0.15) is 0 Å². The molecule has 0 aliphatic rings. The minimum absolute atomic E-state index is 0.428. The van der Waals surface area contributed by atoms with Crippen LogP contribution >= 0.6 is 0 Å². The van der Waals surface area contributed by atoms with Crippen LogP contribution in [0.2, 0.25) is 0 Å². The summed E-state index contributed by atoms with van der Waals surface area (Å²) in [6.45, 7) is 0.428. The molecule has 0 aromatic rings. The second-order valence-corrected chi connectivity index (χ2v) is 1.06. The third kappa shape index (κ3) is 4.70. The maximum Gasteiger partial charge on any atom is 0.207 e. The molecule has 3 heteroatoms. The molecule has 0 unspecified atom stereocenters. The van der Waals surface area contributed by atoms with Crippen LogP contribution in [0.25, 0.3) is 0 Å². The van der Waals surface area contributed by atoms with E-state index in [0.717, 1.165) is 0 Å². The Morgan fingerprint density at radius 2 is 2.50 bits per heavy atom. The van der Waals surface area contributed by atoms with Gasteiger partial charge in [-0.15, -0.1) is 0 Å². The van der Waals surface area contributed by atoms with Gasteiger partial charge in [0.2, 0.25) is 6.41 Å². The maximum absolute atomic E-state index is 9.54. The highest BCUT2D eigenvalue weighted by Gasteiger charge is 1.68. The predicted molar refractivity (Wildman–Crippen MR) is 28.8 cm³/mol.